The van der Waals surface area contributed by atoms with Gasteiger partial charge in [0.2, 0.25) is 6.10 Å². The van der Waals surface area contributed by atoms with Crippen molar-refractivity contribution in [3.8, 4) is 0 Å². The molecule has 1 unspecified atom stereocenters. The molecular weight excluding hydrogens is 318 g/mol. The summed E-state index contributed by atoms with van der Waals surface area (Å²) in [5.41, 5.74) is 2.15. The molecule has 1 aromatic heterocycles. The molecule has 0 bridgehead atoms. The van der Waals surface area contributed by atoms with Crippen LogP contribution in [-0.4, -0.2) is 24.0 Å². The highest BCUT2D eigenvalue weighted by atomic mass is 16.6. The highest BCUT2D eigenvalue weighted by Crippen LogP contribution is 2.20. The molecular formula is C20H17NO4. The number of hydrogen-bond acceptors (Lipinski definition) is 5. The van der Waals surface area contributed by atoms with Gasteiger partial charge in [-0.3, -0.25) is 9.78 Å². The lowest BCUT2D eigenvalue weighted by molar-refractivity contribution is -0.166. The SMILES string of the molecule is COC(=O)C(OC(=O)Cc1cnc2ccccc2c1)c1ccccc1. The van der Waals surface area contributed by atoms with Crippen LogP contribution in [0.25, 0.3) is 10.9 Å². The van der Waals surface area contributed by atoms with E-state index in [1.165, 1.54) is 7.11 Å². The van der Waals surface area contributed by atoms with Crippen LogP contribution in [0.3, 0.4) is 0 Å². The number of fused-ring (bicyclic) bond motifs is 1. The monoisotopic (exact) mass is 335 g/mol. The Morgan fingerprint density at radius 2 is 1.76 bits per heavy atom. The van der Waals surface area contributed by atoms with E-state index in [0.29, 0.717) is 5.56 Å². The average molecular weight is 335 g/mol. The van der Waals surface area contributed by atoms with Crippen molar-refractivity contribution in [2.75, 3.05) is 7.11 Å². The number of aromatic nitrogens is 1. The van der Waals surface area contributed by atoms with Crippen molar-refractivity contribution in [1.82, 2.24) is 4.98 Å². The second kappa shape index (κ2) is 7.57. The van der Waals surface area contributed by atoms with Crippen LogP contribution in [0.15, 0.2) is 66.9 Å². The zero-order chi connectivity index (χ0) is 17.6. The fourth-order valence-corrected chi connectivity index (χ4v) is 2.54. The molecule has 126 valence electrons. The second-order valence-corrected chi connectivity index (χ2v) is 5.52. The molecule has 0 amide bonds. The first kappa shape index (κ1) is 16.6. The van der Waals surface area contributed by atoms with Crippen LogP contribution in [0.2, 0.25) is 0 Å². The Morgan fingerprint density at radius 3 is 2.52 bits per heavy atom. The smallest absolute Gasteiger partial charge is 0.351 e. The first-order valence-electron chi connectivity index (χ1n) is 7.83. The number of hydrogen-bond donors (Lipinski definition) is 0. The summed E-state index contributed by atoms with van der Waals surface area (Å²) in [6.07, 6.45) is 0.587. The van der Waals surface area contributed by atoms with E-state index in [-0.39, 0.29) is 6.42 Å². The summed E-state index contributed by atoms with van der Waals surface area (Å²) < 4.78 is 10.1. The van der Waals surface area contributed by atoms with Crippen LogP contribution < -0.4 is 0 Å². The third-order valence-electron chi connectivity index (χ3n) is 3.76. The molecule has 0 radical (unpaired) electrons. The van der Waals surface area contributed by atoms with Crippen LogP contribution in [0.5, 0.6) is 0 Å². The molecule has 0 spiro atoms. The van der Waals surface area contributed by atoms with Gasteiger partial charge in [0.1, 0.15) is 0 Å². The largest absolute Gasteiger partial charge is 0.466 e. The minimum absolute atomic E-state index is 0.0260. The number of carbonyl (C=O) groups is 2. The normalized spacial score (nSPS) is 11.7. The van der Waals surface area contributed by atoms with Gasteiger partial charge in [0, 0.05) is 17.1 Å². The van der Waals surface area contributed by atoms with E-state index in [1.807, 2.05) is 36.4 Å². The van der Waals surface area contributed by atoms with Crippen molar-refractivity contribution < 1.29 is 19.1 Å². The summed E-state index contributed by atoms with van der Waals surface area (Å²) in [6, 6.07) is 18.3. The molecule has 3 aromatic rings. The molecule has 0 fully saturated rings. The topological polar surface area (TPSA) is 65.5 Å². The molecule has 2 aromatic carbocycles. The van der Waals surface area contributed by atoms with Crippen molar-refractivity contribution in [3.05, 3.63) is 78.0 Å². The van der Waals surface area contributed by atoms with Crippen LogP contribution in [0, 0.1) is 0 Å². The first-order valence-corrected chi connectivity index (χ1v) is 7.83. The number of rotatable bonds is 5. The molecule has 0 aliphatic rings. The van der Waals surface area contributed by atoms with Crippen LogP contribution >= 0.6 is 0 Å². The van der Waals surface area contributed by atoms with Crippen LogP contribution in [0.1, 0.15) is 17.2 Å². The zero-order valence-electron chi connectivity index (χ0n) is 13.7. The van der Waals surface area contributed by atoms with E-state index in [2.05, 4.69) is 4.98 Å². The van der Waals surface area contributed by atoms with Gasteiger partial charge < -0.3 is 9.47 Å². The number of esters is 2. The average Bonchev–Trinajstić information content (AvgIpc) is 2.66. The van der Waals surface area contributed by atoms with Gasteiger partial charge in [-0.2, -0.15) is 0 Å². The fourth-order valence-electron chi connectivity index (χ4n) is 2.54. The standard InChI is InChI=1S/C20H17NO4/c1-24-20(23)19(15-7-3-2-4-8-15)25-18(22)12-14-11-16-9-5-6-10-17(16)21-13-14/h2-11,13,19H,12H2,1H3. The van der Waals surface area contributed by atoms with Gasteiger partial charge in [0.25, 0.3) is 0 Å². The van der Waals surface area contributed by atoms with Gasteiger partial charge in [-0.25, -0.2) is 4.79 Å². The van der Waals surface area contributed by atoms with E-state index in [1.54, 1.807) is 30.5 Å². The van der Waals surface area contributed by atoms with E-state index < -0.39 is 18.0 Å². The third kappa shape index (κ3) is 4.01. The number of ether oxygens (including phenoxy) is 2. The molecule has 5 heteroatoms. The van der Waals surface area contributed by atoms with Crippen molar-refractivity contribution in [1.29, 1.82) is 0 Å². The van der Waals surface area contributed by atoms with Crippen molar-refractivity contribution >= 4 is 22.8 Å². The third-order valence-corrected chi connectivity index (χ3v) is 3.76. The maximum atomic E-state index is 12.3. The number of nitrogens with zero attached hydrogens (tertiary/aromatic N) is 1. The van der Waals surface area contributed by atoms with E-state index in [4.69, 9.17) is 9.47 Å². The van der Waals surface area contributed by atoms with Crippen LogP contribution in [-0.2, 0) is 25.5 Å². The summed E-state index contributed by atoms with van der Waals surface area (Å²) >= 11 is 0. The number of carbonyl (C=O) groups excluding carboxylic acids is 2. The van der Waals surface area contributed by atoms with Gasteiger partial charge in [0.05, 0.1) is 19.0 Å². The van der Waals surface area contributed by atoms with E-state index >= 15 is 0 Å². The van der Waals surface area contributed by atoms with Gasteiger partial charge in [-0.15, -0.1) is 0 Å². The lowest BCUT2D eigenvalue weighted by atomic mass is 10.1. The highest BCUT2D eigenvalue weighted by molar-refractivity contribution is 5.83. The second-order valence-electron chi connectivity index (χ2n) is 5.52. The van der Waals surface area contributed by atoms with E-state index in [0.717, 1.165) is 16.5 Å². The van der Waals surface area contributed by atoms with Crippen molar-refractivity contribution in [2.45, 2.75) is 12.5 Å². The molecule has 0 saturated heterocycles. The molecule has 0 aliphatic carbocycles. The highest BCUT2D eigenvalue weighted by Gasteiger charge is 2.25. The lowest BCUT2D eigenvalue weighted by Gasteiger charge is -2.16. The predicted molar refractivity (Wildman–Crippen MR) is 92.7 cm³/mol. The molecule has 0 N–H and O–H groups in total. The summed E-state index contributed by atoms with van der Waals surface area (Å²) in [6.45, 7) is 0. The van der Waals surface area contributed by atoms with Gasteiger partial charge in [-0.1, -0.05) is 48.5 Å². The zero-order valence-corrected chi connectivity index (χ0v) is 13.7. The van der Waals surface area contributed by atoms with Crippen molar-refractivity contribution in [3.63, 3.8) is 0 Å². The number of pyridine rings is 1. The minimum Gasteiger partial charge on any atom is -0.466 e. The fraction of sp³-hybridized carbons (Fsp3) is 0.150. The molecule has 1 atom stereocenters. The Balaban J connectivity index is 1.75. The van der Waals surface area contributed by atoms with Gasteiger partial charge in [0.15, 0.2) is 0 Å². The lowest BCUT2D eigenvalue weighted by Crippen LogP contribution is -2.22. The molecule has 25 heavy (non-hydrogen) atoms. The van der Waals surface area contributed by atoms with Gasteiger partial charge in [-0.05, 0) is 17.7 Å². The number of para-hydroxylation sites is 1. The molecule has 5 nitrogen and oxygen atoms in total. The summed E-state index contributed by atoms with van der Waals surface area (Å²) in [7, 11) is 1.26. The summed E-state index contributed by atoms with van der Waals surface area (Å²) in [5, 5.41) is 0.945. The Labute approximate surface area is 145 Å². The van der Waals surface area contributed by atoms with E-state index in [9.17, 15) is 9.59 Å². The van der Waals surface area contributed by atoms with Gasteiger partial charge >= 0.3 is 11.9 Å². The maximum absolute atomic E-state index is 12.3. The molecule has 0 saturated carbocycles. The quantitative estimate of drug-likeness (QED) is 0.670. The molecule has 0 aliphatic heterocycles. The molecule has 3 rings (SSSR count). The predicted octanol–water partition coefficient (Wildman–Crippen LogP) is 3.23. The Kier molecular flexibility index (Phi) is 5.04. The Hall–Kier alpha value is -3.21. The maximum Gasteiger partial charge on any atom is 0.351 e. The first-order chi connectivity index (χ1) is 12.2. The Bertz CT molecular complexity index is 892. The summed E-state index contributed by atoms with van der Waals surface area (Å²) in [4.78, 5) is 28.6. The molecule has 1 heterocycles. The Morgan fingerprint density at radius 1 is 1.04 bits per heavy atom. The van der Waals surface area contributed by atoms with Crippen LogP contribution in [0.4, 0.5) is 0 Å². The van der Waals surface area contributed by atoms with Crippen molar-refractivity contribution in [2.24, 2.45) is 0 Å². The summed E-state index contributed by atoms with van der Waals surface area (Å²) in [5.74, 6) is -1.13. The number of methoxy groups -OCH3 is 1. The number of benzene rings is 2. The minimum atomic E-state index is -1.08.